The van der Waals surface area contributed by atoms with Crippen molar-refractivity contribution in [2.24, 2.45) is 0 Å². The van der Waals surface area contributed by atoms with Crippen molar-refractivity contribution in [2.45, 2.75) is 24.0 Å². The van der Waals surface area contributed by atoms with E-state index in [1.807, 2.05) is 30.0 Å². The summed E-state index contributed by atoms with van der Waals surface area (Å²) in [6.45, 7) is 0. The topological polar surface area (TPSA) is 55.1 Å². The zero-order valence-corrected chi connectivity index (χ0v) is 13.7. The minimum absolute atomic E-state index is 0.0163. The molecule has 1 N–H and O–H groups in total. The van der Waals surface area contributed by atoms with E-state index in [1.54, 1.807) is 0 Å². The molecule has 0 saturated carbocycles. The number of benzene rings is 1. The minimum atomic E-state index is -0.830. The molecule has 0 amide bonds. The van der Waals surface area contributed by atoms with Gasteiger partial charge in [-0.3, -0.25) is 4.79 Å². The van der Waals surface area contributed by atoms with E-state index in [9.17, 15) is 4.79 Å². The molecule has 0 aliphatic carbocycles. The molecule has 0 spiro atoms. The van der Waals surface area contributed by atoms with Crippen LogP contribution in [0.25, 0.3) is 11.0 Å². The summed E-state index contributed by atoms with van der Waals surface area (Å²) in [7, 11) is 0. The monoisotopic (exact) mass is 342 g/mol. The summed E-state index contributed by atoms with van der Waals surface area (Å²) >= 11 is 9.60. The Balaban J connectivity index is 2.07. The zero-order chi connectivity index (χ0) is 14.8. The lowest BCUT2D eigenvalue weighted by Crippen LogP contribution is -2.16. The number of hydrogen-bond acceptors (Lipinski definition) is 4. The smallest absolute Gasteiger partial charge is 0.313 e. The molecule has 0 atom stereocenters. The van der Waals surface area contributed by atoms with Crippen molar-refractivity contribution in [2.75, 3.05) is 17.3 Å². The summed E-state index contributed by atoms with van der Waals surface area (Å²) < 4.78 is 2.16. The standard InChI is InChI=1S/C14H15ClN2O2S2/c15-10-2-1-3-11-13(10)17(9-4-6-20-7-5-9)14(16-11)21-8-12(18)19/h1-3,9H,4-8H2,(H,18,19). The van der Waals surface area contributed by atoms with E-state index >= 15 is 0 Å². The van der Waals surface area contributed by atoms with Gasteiger partial charge in [0.2, 0.25) is 0 Å². The van der Waals surface area contributed by atoms with Crippen LogP contribution in [-0.4, -0.2) is 37.9 Å². The third kappa shape index (κ3) is 3.17. The summed E-state index contributed by atoms with van der Waals surface area (Å²) in [6, 6.07) is 6.03. The fraction of sp³-hybridized carbons (Fsp3) is 0.429. The molecule has 7 heteroatoms. The van der Waals surface area contributed by atoms with Crippen LogP contribution in [0.2, 0.25) is 5.02 Å². The first-order chi connectivity index (χ1) is 10.2. The molecule has 21 heavy (non-hydrogen) atoms. The van der Waals surface area contributed by atoms with E-state index in [4.69, 9.17) is 16.7 Å². The molecule has 0 bridgehead atoms. The number of carbonyl (C=O) groups is 1. The van der Waals surface area contributed by atoms with Crippen LogP contribution in [0.1, 0.15) is 18.9 Å². The molecule has 0 unspecified atom stereocenters. The number of hydrogen-bond donors (Lipinski definition) is 1. The molecule has 2 aromatic rings. The number of halogens is 1. The molecule has 1 aliphatic heterocycles. The predicted octanol–water partition coefficient (Wildman–Crippen LogP) is 3.93. The van der Waals surface area contributed by atoms with Gasteiger partial charge in [0.15, 0.2) is 5.16 Å². The van der Waals surface area contributed by atoms with Crippen LogP contribution in [-0.2, 0) is 4.79 Å². The third-order valence-electron chi connectivity index (χ3n) is 3.51. The Labute approximate surface area is 136 Å². The molecule has 1 aliphatic rings. The lowest BCUT2D eigenvalue weighted by atomic mass is 10.1. The number of carboxylic acid groups (broad SMARTS) is 1. The SMILES string of the molecule is O=C(O)CSc1nc2cccc(Cl)c2n1C1CCSCC1. The molecule has 1 saturated heterocycles. The van der Waals surface area contributed by atoms with Gasteiger partial charge in [-0.25, -0.2) is 4.98 Å². The number of rotatable bonds is 4. The molecule has 1 aromatic heterocycles. The Morgan fingerprint density at radius 2 is 2.24 bits per heavy atom. The normalized spacial score (nSPS) is 16.4. The van der Waals surface area contributed by atoms with Crippen LogP contribution in [0.15, 0.2) is 23.4 Å². The Morgan fingerprint density at radius 3 is 2.95 bits per heavy atom. The summed E-state index contributed by atoms with van der Waals surface area (Å²) in [5.74, 6) is 1.43. The van der Waals surface area contributed by atoms with E-state index in [-0.39, 0.29) is 5.75 Å². The van der Waals surface area contributed by atoms with Gasteiger partial charge in [0.05, 0.1) is 21.8 Å². The maximum atomic E-state index is 10.9. The molecular weight excluding hydrogens is 328 g/mol. The summed E-state index contributed by atoms with van der Waals surface area (Å²) in [6.07, 6.45) is 2.14. The Morgan fingerprint density at radius 1 is 1.48 bits per heavy atom. The third-order valence-corrected chi connectivity index (χ3v) is 5.80. The number of para-hydroxylation sites is 1. The van der Waals surface area contributed by atoms with Crippen LogP contribution in [0.4, 0.5) is 0 Å². The fourth-order valence-corrected chi connectivity index (χ4v) is 4.73. The second-order valence-corrected chi connectivity index (χ2v) is 7.47. The van der Waals surface area contributed by atoms with E-state index in [1.165, 1.54) is 11.8 Å². The molecular formula is C14H15ClN2O2S2. The van der Waals surface area contributed by atoms with Gasteiger partial charge in [0, 0.05) is 6.04 Å². The van der Waals surface area contributed by atoms with Gasteiger partial charge in [0.25, 0.3) is 0 Å². The highest BCUT2D eigenvalue weighted by atomic mass is 35.5. The van der Waals surface area contributed by atoms with Crippen molar-refractivity contribution in [3.8, 4) is 0 Å². The number of aliphatic carboxylic acids is 1. The van der Waals surface area contributed by atoms with Crippen LogP contribution < -0.4 is 0 Å². The van der Waals surface area contributed by atoms with E-state index < -0.39 is 5.97 Å². The van der Waals surface area contributed by atoms with Crippen molar-refractivity contribution >= 4 is 52.1 Å². The molecule has 112 valence electrons. The van der Waals surface area contributed by atoms with E-state index in [0.29, 0.717) is 11.1 Å². The lowest BCUT2D eigenvalue weighted by molar-refractivity contribution is -0.133. The molecule has 0 radical (unpaired) electrons. The minimum Gasteiger partial charge on any atom is -0.481 e. The van der Waals surface area contributed by atoms with Crippen LogP contribution in [0.3, 0.4) is 0 Å². The number of carboxylic acids is 1. The van der Waals surface area contributed by atoms with Crippen LogP contribution in [0.5, 0.6) is 0 Å². The Kier molecular flexibility index (Phi) is 4.66. The number of nitrogens with zero attached hydrogens (tertiary/aromatic N) is 2. The predicted molar refractivity (Wildman–Crippen MR) is 88.7 cm³/mol. The second kappa shape index (κ2) is 6.50. The van der Waals surface area contributed by atoms with Crippen LogP contribution in [0, 0.1) is 0 Å². The second-order valence-electron chi connectivity index (χ2n) is 4.90. The van der Waals surface area contributed by atoms with Crippen LogP contribution >= 0.6 is 35.1 Å². The Hall–Kier alpha value is -0.850. The highest BCUT2D eigenvalue weighted by Crippen LogP contribution is 2.37. The van der Waals surface area contributed by atoms with Gasteiger partial charge < -0.3 is 9.67 Å². The first-order valence-electron chi connectivity index (χ1n) is 6.75. The van der Waals surface area contributed by atoms with E-state index in [2.05, 4.69) is 9.55 Å². The van der Waals surface area contributed by atoms with Gasteiger partial charge in [0.1, 0.15) is 0 Å². The van der Waals surface area contributed by atoms with Gasteiger partial charge in [-0.15, -0.1) is 0 Å². The zero-order valence-electron chi connectivity index (χ0n) is 11.3. The number of fused-ring (bicyclic) bond motifs is 1. The first kappa shape index (κ1) is 15.1. The van der Waals surface area contributed by atoms with Gasteiger partial charge in [-0.2, -0.15) is 11.8 Å². The van der Waals surface area contributed by atoms with E-state index in [0.717, 1.165) is 40.5 Å². The average Bonchev–Trinajstić information content (AvgIpc) is 2.86. The summed E-state index contributed by atoms with van der Waals surface area (Å²) in [4.78, 5) is 15.4. The molecule has 3 rings (SSSR count). The molecule has 2 heterocycles. The van der Waals surface area contributed by atoms with Crippen molar-refractivity contribution < 1.29 is 9.90 Å². The van der Waals surface area contributed by atoms with Crippen molar-refractivity contribution in [3.05, 3.63) is 23.2 Å². The molecule has 1 aromatic carbocycles. The summed E-state index contributed by atoms with van der Waals surface area (Å²) in [5.41, 5.74) is 1.78. The lowest BCUT2D eigenvalue weighted by Gasteiger charge is -2.25. The average molecular weight is 343 g/mol. The highest BCUT2D eigenvalue weighted by molar-refractivity contribution is 7.99. The Bertz CT molecular complexity index is 668. The quantitative estimate of drug-likeness (QED) is 0.853. The van der Waals surface area contributed by atoms with Gasteiger partial charge in [-0.1, -0.05) is 29.4 Å². The van der Waals surface area contributed by atoms with Crippen molar-refractivity contribution in [1.29, 1.82) is 0 Å². The molecule has 4 nitrogen and oxygen atoms in total. The number of imidazole rings is 1. The largest absolute Gasteiger partial charge is 0.481 e. The van der Waals surface area contributed by atoms with Gasteiger partial charge in [-0.05, 0) is 36.5 Å². The maximum absolute atomic E-state index is 10.9. The van der Waals surface area contributed by atoms with Gasteiger partial charge >= 0.3 is 5.97 Å². The number of aromatic nitrogens is 2. The molecule has 1 fully saturated rings. The first-order valence-corrected chi connectivity index (χ1v) is 9.27. The summed E-state index contributed by atoms with van der Waals surface area (Å²) in [5, 5.41) is 10.4. The maximum Gasteiger partial charge on any atom is 0.313 e. The number of thioether (sulfide) groups is 2. The highest BCUT2D eigenvalue weighted by Gasteiger charge is 2.23. The van der Waals surface area contributed by atoms with Crippen molar-refractivity contribution in [3.63, 3.8) is 0 Å². The van der Waals surface area contributed by atoms with Crippen molar-refractivity contribution in [1.82, 2.24) is 9.55 Å². The fourth-order valence-electron chi connectivity index (χ4n) is 2.60.